The van der Waals surface area contributed by atoms with Gasteiger partial charge in [0.15, 0.2) is 0 Å². The van der Waals surface area contributed by atoms with Gasteiger partial charge in [-0.05, 0) is 44.5 Å². The minimum absolute atomic E-state index is 0.142. The van der Waals surface area contributed by atoms with Crippen LogP contribution in [0.15, 0.2) is 18.2 Å². The van der Waals surface area contributed by atoms with E-state index in [1.54, 1.807) is 0 Å². The largest absolute Gasteiger partial charge is 0.368 e. The molecule has 3 rings (SSSR count). The van der Waals surface area contributed by atoms with Crippen molar-refractivity contribution in [1.29, 1.82) is 0 Å². The van der Waals surface area contributed by atoms with E-state index in [4.69, 9.17) is 4.74 Å². The normalized spacial score (nSPS) is 22.9. The number of amides is 2. The van der Waals surface area contributed by atoms with E-state index in [1.807, 2.05) is 0 Å². The molecule has 0 aliphatic carbocycles. The van der Waals surface area contributed by atoms with Crippen LogP contribution in [0.4, 0.5) is 14.5 Å². The van der Waals surface area contributed by atoms with Crippen LogP contribution in [0.1, 0.15) is 19.3 Å². The number of para-hydroxylation sites is 1. The van der Waals surface area contributed by atoms with Gasteiger partial charge in [-0.15, -0.1) is 0 Å². The molecule has 2 heterocycles. The van der Waals surface area contributed by atoms with E-state index in [2.05, 4.69) is 10.6 Å². The molecule has 2 amide bonds. The first-order valence-electron chi connectivity index (χ1n) is 8.31. The fourth-order valence-corrected chi connectivity index (χ4v) is 3.43. The molecule has 1 unspecified atom stereocenters. The summed E-state index contributed by atoms with van der Waals surface area (Å²) < 4.78 is 33.3. The summed E-state index contributed by atoms with van der Waals surface area (Å²) in [6.45, 7) is 1.43. The number of anilines is 1. The number of hydrogen-bond donors (Lipinski definition) is 2. The van der Waals surface area contributed by atoms with E-state index in [1.165, 1.54) is 13.2 Å². The lowest BCUT2D eigenvalue weighted by atomic mass is 9.90. The first kappa shape index (κ1) is 17.8. The number of rotatable bonds is 4. The number of methoxy groups -OCH3 is 1. The van der Waals surface area contributed by atoms with Gasteiger partial charge in [0.05, 0.1) is 0 Å². The first-order chi connectivity index (χ1) is 12.0. The number of benzene rings is 1. The molecule has 0 saturated carbocycles. The Balaban J connectivity index is 1.73. The van der Waals surface area contributed by atoms with Crippen molar-refractivity contribution in [2.75, 3.05) is 31.6 Å². The summed E-state index contributed by atoms with van der Waals surface area (Å²) in [5.41, 5.74) is -1.34. The zero-order chi connectivity index (χ0) is 18.0. The van der Waals surface area contributed by atoms with Crippen molar-refractivity contribution in [1.82, 2.24) is 10.6 Å². The van der Waals surface area contributed by atoms with Gasteiger partial charge in [-0.25, -0.2) is 8.78 Å². The molecule has 136 valence electrons. The maximum Gasteiger partial charge on any atom is 0.252 e. The summed E-state index contributed by atoms with van der Waals surface area (Å²) in [6, 6.07) is 2.64. The van der Waals surface area contributed by atoms with Gasteiger partial charge in [0.2, 0.25) is 5.91 Å². The molecule has 0 aromatic heterocycles. The molecule has 6 nitrogen and oxygen atoms in total. The maximum atomic E-state index is 13.9. The zero-order valence-electron chi connectivity index (χ0n) is 14.0. The second-order valence-corrected chi connectivity index (χ2v) is 6.32. The molecule has 2 fully saturated rings. The number of halogens is 2. The van der Waals surface area contributed by atoms with Crippen molar-refractivity contribution in [2.45, 2.75) is 30.9 Å². The Morgan fingerprint density at radius 2 is 1.96 bits per heavy atom. The molecular formula is C17H21F2N3O3. The van der Waals surface area contributed by atoms with Crippen molar-refractivity contribution < 1.29 is 23.1 Å². The van der Waals surface area contributed by atoms with Gasteiger partial charge in [0.25, 0.3) is 5.91 Å². The predicted octanol–water partition coefficient (Wildman–Crippen LogP) is 0.955. The molecule has 1 aromatic carbocycles. The van der Waals surface area contributed by atoms with E-state index >= 15 is 0 Å². The molecule has 25 heavy (non-hydrogen) atoms. The third kappa shape index (κ3) is 3.23. The predicted molar refractivity (Wildman–Crippen MR) is 87.1 cm³/mol. The summed E-state index contributed by atoms with van der Waals surface area (Å²) in [7, 11) is 1.47. The van der Waals surface area contributed by atoms with Crippen molar-refractivity contribution >= 4 is 17.5 Å². The zero-order valence-corrected chi connectivity index (χ0v) is 14.0. The Morgan fingerprint density at radius 1 is 1.32 bits per heavy atom. The molecule has 8 heteroatoms. The highest BCUT2D eigenvalue weighted by Gasteiger charge is 2.43. The van der Waals surface area contributed by atoms with Gasteiger partial charge in [0, 0.05) is 13.7 Å². The van der Waals surface area contributed by atoms with Crippen LogP contribution in [0.3, 0.4) is 0 Å². The van der Waals surface area contributed by atoms with Crippen LogP contribution in [0.2, 0.25) is 0 Å². The summed E-state index contributed by atoms with van der Waals surface area (Å²) in [4.78, 5) is 26.2. The first-order valence-corrected chi connectivity index (χ1v) is 8.31. The topological polar surface area (TPSA) is 70.7 Å². The summed E-state index contributed by atoms with van der Waals surface area (Å²) in [6.07, 6.45) is 1.29. The van der Waals surface area contributed by atoms with Gasteiger partial charge >= 0.3 is 0 Å². The molecule has 1 aromatic rings. The van der Waals surface area contributed by atoms with E-state index in [-0.39, 0.29) is 24.6 Å². The molecule has 2 saturated heterocycles. The quantitative estimate of drug-likeness (QED) is 0.846. The lowest BCUT2D eigenvalue weighted by Gasteiger charge is -2.35. The fourth-order valence-electron chi connectivity index (χ4n) is 3.43. The molecule has 2 aliphatic heterocycles. The van der Waals surface area contributed by atoms with E-state index in [0.717, 1.165) is 17.0 Å². The lowest BCUT2D eigenvalue weighted by molar-refractivity contribution is -0.148. The smallest absolute Gasteiger partial charge is 0.252 e. The van der Waals surface area contributed by atoms with Crippen LogP contribution < -0.4 is 15.5 Å². The number of hydrogen-bond acceptors (Lipinski definition) is 4. The highest BCUT2D eigenvalue weighted by Crippen LogP contribution is 2.28. The third-order valence-corrected chi connectivity index (χ3v) is 4.93. The monoisotopic (exact) mass is 353 g/mol. The van der Waals surface area contributed by atoms with Gasteiger partial charge in [0.1, 0.15) is 29.0 Å². The number of carbonyl (C=O) groups is 2. The Labute approximate surface area is 144 Å². The number of carbonyl (C=O) groups excluding carboxylic acids is 2. The number of nitrogens with zero attached hydrogens (tertiary/aromatic N) is 1. The third-order valence-electron chi connectivity index (χ3n) is 4.93. The molecule has 0 radical (unpaired) electrons. The molecule has 0 spiro atoms. The Kier molecular flexibility index (Phi) is 5.01. The highest BCUT2D eigenvalue weighted by atomic mass is 19.1. The fraction of sp³-hybridized carbons (Fsp3) is 0.529. The average Bonchev–Trinajstić information content (AvgIpc) is 2.96. The van der Waals surface area contributed by atoms with Crippen molar-refractivity contribution in [3.05, 3.63) is 29.8 Å². The highest BCUT2D eigenvalue weighted by molar-refractivity contribution is 6.02. The van der Waals surface area contributed by atoms with Crippen LogP contribution >= 0.6 is 0 Å². The maximum absolute atomic E-state index is 13.9. The molecule has 2 aliphatic rings. The average molecular weight is 353 g/mol. The van der Waals surface area contributed by atoms with Gasteiger partial charge < -0.3 is 20.3 Å². The summed E-state index contributed by atoms with van der Waals surface area (Å²) in [5.74, 6) is -2.47. The summed E-state index contributed by atoms with van der Waals surface area (Å²) in [5, 5.41) is 5.85. The van der Waals surface area contributed by atoms with Gasteiger partial charge in [-0.2, -0.15) is 0 Å². The second-order valence-electron chi connectivity index (χ2n) is 6.32. The van der Waals surface area contributed by atoms with Crippen LogP contribution in [0.25, 0.3) is 0 Å². The van der Waals surface area contributed by atoms with Gasteiger partial charge in [-0.3, -0.25) is 9.59 Å². The minimum atomic E-state index is -0.970. The Hall–Kier alpha value is -2.06. The molecule has 2 N–H and O–H groups in total. The Morgan fingerprint density at radius 3 is 2.56 bits per heavy atom. The van der Waals surface area contributed by atoms with E-state index in [9.17, 15) is 18.4 Å². The molecule has 0 bridgehead atoms. The number of piperidine rings is 1. The molecular weight excluding hydrogens is 332 g/mol. The number of nitrogens with one attached hydrogen (secondary N) is 2. The summed E-state index contributed by atoms with van der Waals surface area (Å²) >= 11 is 0. The van der Waals surface area contributed by atoms with Crippen LogP contribution in [0.5, 0.6) is 0 Å². The van der Waals surface area contributed by atoms with Crippen molar-refractivity contribution in [2.24, 2.45) is 0 Å². The van der Waals surface area contributed by atoms with E-state index in [0.29, 0.717) is 25.9 Å². The van der Waals surface area contributed by atoms with E-state index < -0.39 is 29.2 Å². The lowest BCUT2D eigenvalue weighted by Crippen LogP contribution is -2.57. The van der Waals surface area contributed by atoms with Crippen molar-refractivity contribution in [3.8, 4) is 0 Å². The molecule has 1 atom stereocenters. The SMILES string of the molecule is COC1(C(=O)NC2CCN(c3c(F)cccc3F)C2=O)CCNCC1. The van der Waals surface area contributed by atoms with Gasteiger partial charge in [-0.1, -0.05) is 6.07 Å². The standard InChI is InChI=1S/C17H21F2N3O3/c1-25-17(6-8-20-9-7-17)16(24)21-13-5-10-22(15(13)23)14-11(18)3-2-4-12(14)19/h2-4,13,20H,5-10H2,1H3,(H,21,24). The number of ether oxygens (including phenoxy) is 1. The Bertz CT molecular complexity index is 657. The van der Waals surface area contributed by atoms with Crippen LogP contribution in [0, 0.1) is 11.6 Å². The van der Waals surface area contributed by atoms with Crippen LogP contribution in [-0.2, 0) is 14.3 Å². The van der Waals surface area contributed by atoms with Crippen molar-refractivity contribution in [3.63, 3.8) is 0 Å². The van der Waals surface area contributed by atoms with Crippen LogP contribution in [-0.4, -0.2) is 50.2 Å². The second kappa shape index (κ2) is 7.05. The minimum Gasteiger partial charge on any atom is -0.368 e.